The molecule has 15 heteroatoms. The largest absolute Gasteiger partial charge is 0.504 e. The number of benzene rings is 3. The number of phenols is 1. The van der Waals surface area contributed by atoms with Gasteiger partial charge in [-0.2, -0.15) is 5.26 Å². The number of hydrogen-bond acceptors (Lipinski definition) is 14. The molecule has 0 aliphatic carbocycles. The van der Waals surface area contributed by atoms with Crippen LogP contribution in [0, 0.1) is 32.1 Å². The fraction of sp³-hybridized carbons (Fsp3) is 0.465. The summed E-state index contributed by atoms with van der Waals surface area (Å²) in [5.41, 5.74) is 6.50. The highest BCUT2D eigenvalue weighted by Crippen LogP contribution is 2.64. The Kier molecular flexibility index (Phi) is 8.53. The summed E-state index contributed by atoms with van der Waals surface area (Å²) in [6.07, 6.45) is 0.983. The third-order valence-corrected chi connectivity index (χ3v) is 14.8. The van der Waals surface area contributed by atoms with Crippen LogP contribution in [0.5, 0.6) is 28.7 Å². The first-order chi connectivity index (χ1) is 27.9. The molecule has 2 fully saturated rings. The molecule has 302 valence electrons. The van der Waals surface area contributed by atoms with Gasteiger partial charge in [-0.3, -0.25) is 19.9 Å². The SMILES string of the molecule is COc1c(C)cc2c(c1O)[C@H]1[C@@H]3[C@@H]4SC[C@]5(N[C@@H](CO)Cc6c5[nH]c5ccc(C)cc65)C(=O)OC[C@@H](c5c6c(c(C)c(OC(C)=O)c54)OCO6)N3[C@@H](C#N)[C@H](C2)N1C. The van der Waals surface area contributed by atoms with E-state index in [4.69, 9.17) is 23.7 Å². The number of nitrogens with zero attached hydrogens (tertiary/aromatic N) is 3. The first-order valence-corrected chi connectivity index (χ1v) is 20.7. The third-order valence-electron chi connectivity index (χ3n) is 13.4. The van der Waals surface area contributed by atoms with E-state index in [1.807, 2.05) is 46.0 Å². The second-order valence-electron chi connectivity index (χ2n) is 16.5. The molecule has 4 N–H and O–H groups in total. The van der Waals surface area contributed by atoms with Gasteiger partial charge in [-0.15, -0.1) is 11.8 Å². The molecule has 14 nitrogen and oxygen atoms in total. The maximum Gasteiger partial charge on any atom is 0.333 e. The number of carbonyl (C=O) groups is 2. The molecule has 1 spiro atoms. The number of nitrogens with one attached hydrogen (secondary N) is 2. The van der Waals surface area contributed by atoms with E-state index in [-0.39, 0.29) is 37.6 Å². The van der Waals surface area contributed by atoms with E-state index in [0.717, 1.165) is 33.2 Å². The van der Waals surface area contributed by atoms with Crippen molar-refractivity contribution in [2.24, 2.45) is 0 Å². The summed E-state index contributed by atoms with van der Waals surface area (Å²) in [7, 11) is 3.54. The van der Waals surface area contributed by atoms with Gasteiger partial charge >= 0.3 is 11.9 Å². The number of phenolic OH excluding ortho intramolecular Hbond substituents is 1. The quantitative estimate of drug-likeness (QED) is 0.169. The van der Waals surface area contributed by atoms with Crippen LogP contribution < -0.4 is 24.3 Å². The number of aryl methyl sites for hydroxylation is 2. The predicted molar refractivity (Wildman–Crippen MR) is 212 cm³/mol. The van der Waals surface area contributed by atoms with Crippen LogP contribution in [0.15, 0.2) is 24.3 Å². The Morgan fingerprint density at radius 2 is 1.90 bits per heavy atom. The molecule has 0 radical (unpaired) electrons. The smallest absolute Gasteiger partial charge is 0.333 e. The number of ether oxygens (including phenoxy) is 5. The molecule has 1 aromatic heterocycles. The lowest BCUT2D eigenvalue weighted by Gasteiger charge is -2.62. The summed E-state index contributed by atoms with van der Waals surface area (Å²) >= 11 is 1.49. The molecule has 4 aromatic rings. The highest BCUT2D eigenvalue weighted by molar-refractivity contribution is 7.99. The number of H-pyrrole nitrogens is 1. The Morgan fingerprint density at radius 1 is 1.10 bits per heavy atom. The average molecular weight is 808 g/mol. The number of piperazine rings is 1. The minimum absolute atomic E-state index is 0.0454. The fourth-order valence-electron chi connectivity index (χ4n) is 11.0. The summed E-state index contributed by atoms with van der Waals surface area (Å²) in [6.45, 7) is 6.67. The van der Waals surface area contributed by atoms with E-state index in [9.17, 15) is 20.3 Å². The van der Waals surface area contributed by atoms with Crippen molar-refractivity contribution in [2.45, 2.75) is 87.6 Å². The molecule has 8 atom stereocenters. The van der Waals surface area contributed by atoms with Crippen LogP contribution in [0.1, 0.15) is 74.5 Å². The second kappa shape index (κ2) is 13.3. The lowest BCUT2D eigenvalue weighted by Crippen LogP contribution is -2.69. The number of fused-ring (bicyclic) bond motifs is 11. The summed E-state index contributed by atoms with van der Waals surface area (Å²) in [4.78, 5) is 36.0. The van der Waals surface area contributed by atoms with E-state index < -0.39 is 52.9 Å². The molecule has 58 heavy (non-hydrogen) atoms. The average Bonchev–Trinajstić information content (AvgIpc) is 3.83. The van der Waals surface area contributed by atoms with Crippen LogP contribution in [-0.2, 0) is 32.7 Å². The fourth-order valence-corrected chi connectivity index (χ4v) is 12.7. The van der Waals surface area contributed by atoms with Crippen molar-refractivity contribution < 1.29 is 43.5 Å². The van der Waals surface area contributed by atoms with Crippen LogP contribution >= 0.6 is 11.8 Å². The Balaban J connectivity index is 1.26. The monoisotopic (exact) mass is 807 g/mol. The van der Waals surface area contributed by atoms with Crippen molar-refractivity contribution in [1.82, 2.24) is 20.1 Å². The molecular formula is C43H45N5O9S. The first kappa shape index (κ1) is 37.3. The Labute approximate surface area is 339 Å². The summed E-state index contributed by atoms with van der Waals surface area (Å²) in [5.74, 6) is 0.761. The van der Waals surface area contributed by atoms with Gasteiger partial charge in [0.25, 0.3) is 0 Å². The predicted octanol–water partition coefficient (Wildman–Crippen LogP) is 4.42. The van der Waals surface area contributed by atoms with Gasteiger partial charge in [0.1, 0.15) is 18.4 Å². The number of aromatic hydroxyl groups is 1. The first-order valence-electron chi connectivity index (χ1n) is 19.6. The molecule has 7 aliphatic rings. The number of rotatable bonds is 3. The molecule has 8 heterocycles. The van der Waals surface area contributed by atoms with E-state index in [2.05, 4.69) is 32.2 Å². The minimum atomic E-state index is -1.43. The number of hydrogen-bond donors (Lipinski definition) is 4. The molecule has 4 bridgehead atoms. The summed E-state index contributed by atoms with van der Waals surface area (Å²) in [5, 5.41) is 38.0. The summed E-state index contributed by atoms with van der Waals surface area (Å²) in [6, 6.07) is 7.60. The molecule has 0 unspecified atom stereocenters. The van der Waals surface area contributed by atoms with E-state index in [1.54, 1.807) is 7.11 Å². The number of carbonyl (C=O) groups excluding carboxylic acids is 2. The van der Waals surface area contributed by atoms with Crippen LogP contribution in [0.4, 0.5) is 0 Å². The Morgan fingerprint density at radius 3 is 2.64 bits per heavy atom. The molecule has 11 rings (SSSR count). The zero-order valence-corrected chi connectivity index (χ0v) is 33.9. The van der Waals surface area contributed by atoms with Gasteiger partial charge in [0.15, 0.2) is 28.5 Å². The highest BCUT2D eigenvalue weighted by Gasteiger charge is 2.62. The number of thioether (sulfide) groups is 1. The lowest BCUT2D eigenvalue weighted by atomic mass is 9.71. The molecule has 2 saturated heterocycles. The van der Waals surface area contributed by atoms with Crippen LogP contribution in [-0.4, -0.2) is 101 Å². The molecule has 0 saturated carbocycles. The number of aromatic nitrogens is 1. The zero-order chi connectivity index (χ0) is 40.5. The number of methoxy groups -OCH3 is 1. The van der Waals surface area contributed by atoms with Crippen molar-refractivity contribution in [3.8, 4) is 34.8 Å². The van der Waals surface area contributed by atoms with Crippen LogP contribution in [0.3, 0.4) is 0 Å². The maximum absolute atomic E-state index is 15.1. The van der Waals surface area contributed by atoms with Crippen molar-refractivity contribution in [3.63, 3.8) is 0 Å². The molecule has 7 aliphatic heterocycles. The molecule has 0 amide bonds. The van der Waals surface area contributed by atoms with E-state index >= 15 is 4.79 Å². The van der Waals surface area contributed by atoms with Gasteiger partial charge in [0, 0.05) is 64.0 Å². The second-order valence-corrected chi connectivity index (χ2v) is 17.6. The van der Waals surface area contributed by atoms with Crippen molar-refractivity contribution >= 4 is 34.6 Å². The minimum Gasteiger partial charge on any atom is -0.504 e. The lowest BCUT2D eigenvalue weighted by molar-refractivity contribution is -0.158. The topological polar surface area (TPSA) is 179 Å². The highest BCUT2D eigenvalue weighted by atomic mass is 32.2. The van der Waals surface area contributed by atoms with E-state index in [0.29, 0.717) is 63.8 Å². The van der Waals surface area contributed by atoms with Gasteiger partial charge in [0.2, 0.25) is 6.79 Å². The van der Waals surface area contributed by atoms with Gasteiger partial charge in [-0.05, 0) is 69.5 Å². The third kappa shape index (κ3) is 4.99. The van der Waals surface area contributed by atoms with Gasteiger partial charge in [-0.1, -0.05) is 17.7 Å². The van der Waals surface area contributed by atoms with Gasteiger partial charge in [-0.25, -0.2) is 4.79 Å². The van der Waals surface area contributed by atoms with E-state index in [1.165, 1.54) is 18.7 Å². The van der Waals surface area contributed by atoms with Crippen molar-refractivity contribution in [2.75, 3.05) is 39.9 Å². The molecular weight excluding hydrogens is 763 g/mol. The number of aromatic amines is 1. The van der Waals surface area contributed by atoms with Crippen molar-refractivity contribution in [1.29, 1.82) is 5.26 Å². The van der Waals surface area contributed by atoms with Crippen LogP contribution in [0.25, 0.3) is 10.9 Å². The zero-order valence-electron chi connectivity index (χ0n) is 33.1. The Bertz CT molecular complexity index is 2500. The molecule has 3 aromatic carbocycles. The van der Waals surface area contributed by atoms with Gasteiger partial charge < -0.3 is 38.9 Å². The van der Waals surface area contributed by atoms with Crippen LogP contribution in [0.2, 0.25) is 0 Å². The maximum atomic E-state index is 15.1. The van der Waals surface area contributed by atoms with Crippen molar-refractivity contribution in [3.05, 3.63) is 74.5 Å². The number of likely N-dealkylation sites (N-methyl/N-ethyl adjacent to an activating group) is 1. The number of esters is 2. The summed E-state index contributed by atoms with van der Waals surface area (Å²) < 4.78 is 30.8. The Hall–Kier alpha value is -4.98. The number of aliphatic hydroxyl groups is 1. The number of nitriles is 1. The normalized spacial score (nSPS) is 29.6. The number of aliphatic hydroxyl groups excluding tert-OH is 1. The standard InChI is InChI=1S/C43H45N5O9S/c1-18-7-8-26-24(9-18)25-12-23(14-49)46-43(41(25)45-26)16-58-40-32-31(39-38(55-17-56-39)20(3)37(32)57-21(4)50)29(15-54-42(43)52)48-28(13-44)27-11-22-10-19(2)36(53-6)35(51)30(22)33(34(40)48)47(27)5/h7-10,23,27-29,33-34,40,45-46,49,51H,11-12,14-17H2,1-6H3/t23-,27+,28+,29+,33+,34-,40-,43-/m1/s1. The van der Waals surface area contributed by atoms with Gasteiger partial charge in [0.05, 0.1) is 42.8 Å².